The van der Waals surface area contributed by atoms with E-state index in [0.29, 0.717) is 6.42 Å². The minimum Gasteiger partial charge on any atom is -0.316 e. The Balaban J connectivity index is 2.63. The predicted molar refractivity (Wildman–Crippen MR) is 64.2 cm³/mol. The molecule has 0 bridgehead atoms. The smallest absolute Gasteiger partial charge is 0.148 e. The average Bonchev–Trinajstić information content (AvgIpc) is 2.62. The van der Waals surface area contributed by atoms with Crippen molar-refractivity contribution in [1.29, 1.82) is 0 Å². The Hall–Kier alpha value is -0.880. The molecule has 1 atom stereocenters. The summed E-state index contributed by atoms with van der Waals surface area (Å²) in [5.41, 5.74) is 1.06. The van der Waals surface area contributed by atoms with E-state index >= 15 is 0 Å². The van der Waals surface area contributed by atoms with Crippen LogP contribution in [0.3, 0.4) is 0 Å². The molecular weight excluding hydrogens is 226 g/mol. The third-order valence-electron chi connectivity index (χ3n) is 2.40. The van der Waals surface area contributed by atoms with E-state index in [-0.39, 0.29) is 11.8 Å². The molecule has 0 radical (unpaired) electrons. The topological polar surface area (TPSA) is 64.0 Å². The molecule has 0 amide bonds. The quantitative estimate of drug-likeness (QED) is 0.771. The van der Waals surface area contributed by atoms with E-state index in [4.69, 9.17) is 0 Å². The van der Waals surface area contributed by atoms with Gasteiger partial charge in [-0.3, -0.25) is 4.68 Å². The lowest BCUT2D eigenvalue weighted by molar-refractivity contribution is 0.566. The van der Waals surface area contributed by atoms with Crippen molar-refractivity contribution in [2.45, 2.75) is 25.9 Å². The Labute approximate surface area is 96.8 Å². The first-order valence-electron chi connectivity index (χ1n) is 5.31. The van der Waals surface area contributed by atoms with Crippen LogP contribution in [0.1, 0.15) is 12.5 Å². The maximum absolute atomic E-state index is 11.2. The standard InChI is InChI=1S/C10H19N3O2S/c1-4-13-7-9(6-12-13)5-10(11-2)8-16(3,14)15/h6-7,10-11H,4-5,8H2,1-3H3. The van der Waals surface area contributed by atoms with Crippen LogP contribution in [0, 0.1) is 0 Å². The molecule has 5 nitrogen and oxygen atoms in total. The number of likely N-dealkylation sites (N-methyl/N-ethyl adjacent to an activating group) is 1. The van der Waals surface area contributed by atoms with Crippen molar-refractivity contribution in [3.8, 4) is 0 Å². The van der Waals surface area contributed by atoms with E-state index < -0.39 is 9.84 Å². The number of rotatable bonds is 6. The fourth-order valence-corrected chi connectivity index (χ4v) is 2.59. The number of hydrogen-bond donors (Lipinski definition) is 1. The number of nitrogens with zero attached hydrogens (tertiary/aromatic N) is 2. The van der Waals surface area contributed by atoms with E-state index in [1.54, 1.807) is 13.2 Å². The fraction of sp³-hybridized carbons (Fsp3) is 0.700. The van der Waals surface area contributed by atoms with Gasteiger partial charge in [0.25, 0.3) is 0 Å². The van der Waals surface area contributed by atoms with Crippen LogP contribution in [-0.4, -0.2) is 43.3 Å². The predicted octanol–water partition coefficient (Wildman–Crippen LogP) is 0.0781. The van der Waals surface area contributed by atoms with E-state index in [1.165, 1.54) is 6.26 Å². The highest BCUT2D eigenvalue weighted by molar-refractivity contribution is 7.90. The van der Waals surface area contributed by atoms with Gasteiger partial charge < -0.3 is 5.32 Å². The van der Waals surface area contributed by atoms with Crippen molar-refractivity contribution >= 4 is 9.84 Å². The largest absolute Gasteiger partial charge is 0.316 e. The van der Waals surface area contributed by atoms with Crippen LogP contribution < -0.4 is 5.32 Å². The molecule has 1 aromatic rings. The average molecular weight is 245 g/mol. The molecule has 0 aromatic carbocycles. The summed E-state index contributed by atoms with van der Waals surface area (Å²) in [5, 5.41) is 7.18. The maximum Gasteiger partial charge on any atom is 0.148 e. The minimum atomic E-state index is -2.94. The number of sulfone groups is 1. The second kappa shape index (κ2) is 5.45. The molecule has 1 heterocycles. The summed E-state index contributed by atoms with van der Waals surface area (Å²) in [6, 6.07) is -0.0514. The first-order chi connectivity index (χ1) is 7.44. The van der Waals surface area contributed by atoms with Crippen LogP contribution in [0.2, 0.25) is 0 Å². The SMILES string of the molecule is CCn1cc(CC(CS(C)(=O)=O)NC)cn1. The third kappa shape index (κ3) is 4.32. The van der Waals surface area contributed by atoms with Crippen molar-refractivity contribution in [2.24, 2.45) is 0 Å². The molecule has 0 aliphatic carbocycles. The molecule has 92 valence electrons. The summed E-state index contributed by atoms with van der Waals surface area (Å²) in [6.07, 6.45) is 5.68. The third-order valence-corrected chi connectivity index (χ3v) is 3.41. The zero-order chi connectivity index (χ0) is 12.2. The number of aromatic nitrogens is 2. The molecular formula is C10H19N3O2S. The minimum absolute atomic E-state index is 0.0514. The second-order valence-electron chi connectivity index (χ2n) is 3.99. The highest BCUT2D eigenvalue weighted by Gasteiger charge is 2.14. The van der Waals surface area contributed by atoms with Crippen LogP contribution in [0.25, 0.3) is 0 Å². The highest BCUT2D eigenvalue weighted by Crippen LogP contribution is 2.04. The summed E-state index contributed by atoms with van der Waals surface area (Å²) >= 11 is 0. The molecule has 6 heteroatoms. The van der Waals surface area contributed by atoms with Crippen molar-refractivity contribution < 1.29 is 8.42 Å². The van der Waals surface area contributed by atoms with Crippen molar-refractivity contribution in [3.05, 3.63) is 18.0 Å². The molecule has 0 aliphatic rings. The monoisotopic (exact) mass is 245 g/mol. The Morgan fingerprint density at radius 3 is 2.69 bits per heavy atom. The number of hydrogen-bond acceptors (Lipinski definition) is 4. The first-order valence-corrected chi connectivity index (χ1v) is 7.37. The van der Waals surface area contributed by atoms with Gasteiger partial charge in [-0.05, 0) is 26.0 Å². The summed E-state index contributed by atoms with van der Waals surface area (Å²) in [4.78, 5) is 0. The lowest BCUT2D eigenvalue weighted by Crippen LogP contribution is -2.34. The number of aryl methyl sites for hydroxylation is 1. The summed E-state index contributed by atoms with van der Waals surface area (Å²) < 4.78 is 24.2. The summed E-state index contributed by atoms with van der Waals surface area (Å²) in [6.45, 7) is 2.85. The zero-order valence-electron chi connectivity index (χ0n) is 9.97. The molecule has 0 saturated heterocycles. The molecule has 1 rings (SSSR count). The van der Waals surface area contributed by atoms with Gasteiger partial charge in [0.05, 0.1) is 11.9 Å². The molecule has 1 aromatic heterocycles. The molecule has 1 N–H and O–H groups in total. The lowest BCUT2D eigenvalue weighted by Gasteiger charge is -2.13. The van der Waals surface area contributed by atoms with Gasteiger partial charge >= 0.3 is 0 Å². The Morgan fingerprint density at radius 2 is 2.25 bits per heavy atom. The van der Waals surface area contributed by atoms with Crippen molar-refractivity contribution in [3.63, 3.8) is 0 Å². The maximum atomic E-state index is 11.2. The van der Waals surface area contributed by atoms with E-state index in [9.17, 15) is 8.42 Å². The van der Waals surface area contributed by atoms with E-state index in [0.717, 1.165) is 12.1 Å². The normalized spacial score (nSPS) is 13.9. The van der Waals surface area contributed by atoms with E-state index in [1.807, 2.05) is 17.8 Å². The van der Waals surface area contributed by atoms with Crippen molar-refractivity contribution in [2.75, 3.05) is 19.1 Å². The summed E-state index contributed by atoms with van der Waals surface area (Å²) in [5.74, 6) is 0.154. The first kappa shape index (κ1) is 13.2. The van der Waals surface area contributed by atoms with Gasteiger partial charge in [-0.25, -0.2) is 8.42 Å². The lowest BCUT2D eigenvalue weighted by atomic mass is 10.1. The fourth-order valence-electron chi connectivity index (χ4n) is 1.58. The van der Waals surface area contributed by atoms with Gasteiger partial charge in [0, 0.05) is 25.0 Å². The Morgan fingerprint density at radius 1 is 1.56 bits per heavy atom. The molecule has 1 unspecified atom stereocenters. The van der Waals surface area contributed by atoms with Crippen molar-refractivity contribution in [1.82, 2.24) is 15.1 Å². The summed E-state index contributed by atoms with van der Waals surface area (Å²) in [7, 11) is -1.17. The van der Waals surface area contributed by atoms with Gasteiger partial charge in [-0.2, -0.15) is 5.10 Å². The van der Waals surface area contributed by atoms with Gasteiger partial charge in [0.2, 0.25) is 0 Å². The van der Waals surface area contributed by atoms with Gasteiger partial charge in [-0.15, -0.1) is 0 Å². The molecule has 0 fully saturated rings. The van der Waals surface area contributed by atoms with E-state index in [2.05, 4.69) is 10.4 Å². The van der Waals surface area contributed by atoms with Gasteiger partial charge in [-0.1, -0.05) is 0 Å². The van der Waals surface area contributed by atoms with Crippen LogP contribution in [0.5, 0.6) is 0 Å². The van der Waals surface area contributed by atoms with Crippen LogP contribution in [-0.2, 0) is 22.8 Å². The van der Waals surface area contributed by atoms with Gasteiger partial charge in [0.15, 0.2) is 0 Å². The molecule has 0 spiro atoms. The molecule has 0 aliphatic heterocycles. The molecule has 0 saturated carbocycles. The van der Waals surface area contributed by atoms with Gasteiger partial charge in [0.1, 0.15) is 9.84 Å². The van der Waals surface area contributed by atoms with Crippen LogP contribution in [0.4, 0.5) is 0 Å². The second-order valence-corrected chi connectivity index (χ2v) is 6.17. The Bertz CT molecular complexity index is 425. The molecule has 16 heavy (non-hydrogen) atoms. The highest BCUT2D eigenvalue weighted by atomic mass is 32.2. The van der Waals surface area contributed by atoms with Crippen LogP contribution >= 0.6 is 0 Å². The zero-order valence-corrected chi connectivity index (χ0v) is 10.8. The number of nitrogens with one attached hydrogen (secondary N) is 1. The van der Waals surface area contributed by atoms with Crippen LogP contribution in [0.15, 0.2) is 12.4 Å². The Kier molecular flexibility index (Phi) is 4.49.